The van der Waals surface area contributed by atoms with E-state index in [9.17, 15) is 4.79 Å². The summed E-state index contributed by atoms with van der Waals surface area (Å²) in [5.74, 6) is 1.58. The Labute approximate surface area is 98.1 Å². The first kappa shape index (κ1) is 11.9. The van der Waals surface area contributed by atoms with Crippen molar-refractivity contribution < 1.29 is 9.53 Å². The highest BCUT2D eigenvalue weighted by Crippen LogP contribution is 2.53. The molecule has 1 saturated carbocycles. The third-order valence-corrected chi connectivity index (χ3v) is 4.29. The van der Waals surface area contributed by atoms with Crippen LogP contribution in [0.4, 0.5) is 0 Å². The zero-order valence-electron chi connectivity index (χ0n) is 10.7. The Morgan fingerprint density at radius 2 is 2.06 bits per heavy atom. The van der Waals surface area contributed by atoms with Gasteiger partial charge in [0.15, 0.2) is 0 Å². The summed E-state index contributed by atoms with van der Waals surface area (Å²) >= 11 is 0. The molecule has 1 amide bonds. The van der Waals surface area contributed by atoms with E-state index in [0.29, 0.717) is 17.7 Å². The fraction of sp³-hybridized carbons (Fsp3) is 0.923. The molecule has 1 heterocycles. The van der Waals surface area contributed by atoms with Crippen LogP contribution in [0.5, 0.6) is 0 Å². The van der Waals surface area contributed by atoms with E-state index in [2.05, 4.69) is 13.8 Å². The smallest absolute Gasteiger partial charge is 0.229 e. The predicted molar refractivity (Wildman–Crippen MR) is 63.1 cm³/mol. The van der Waals surface area contributed by atoms with Crippen molar-refractivity contribution in [3.05, 3.63) is 0 Å². The molecular weight excluding hydrogens is 202 g/mol. The summed E-state index contributed by atoms with van der Waals surface area (Å²) in [5.41, 5.74) is 0.0201. The number of carbonyl (C=O) groups excluding carboxylic acids is 1. The largest absolute Gasteiger partial charge is 0.385 e. The van der Waals surface area contributed by atoms with Gasteiger partial charge in [-0.2, -0.15) is 0 Å². The molecule has 0 aromatic rings. The Morgan fingerprint density at radius 1 is 1.44 bits per heavy atom. The standard InChI is InChI=1S/C13H23NO2/c1-10(2)13(5-6-13)12(15)14-8-11(9-14)4-7-16-3/h10-11H,4-9H2,1-3H3. The molecule has 2 rings (SSSR count). The molecule has 92 valence electrons. The number of likely N-dealkylation sites (tertiary alicyclic amines) is 1. The van der Waals surface area contributed by atoms with E-state index in [0.717, 1.165) is 39.0 Å². The maximum Gasteiger partial charge on any atom is 0.229 e. The van der Waals surface area contributed by atoms with Gasteiger partial charge in [0, 0.05) is 26.8 Å². The first-order valence-electron chi connectivity index (χ1n) is 6.38. The monoisotopic (exact) mass is 225 g/mol. The fourth-order valence-corrected chi connectivity index (χ4v) is 2.69. The van der Waals surface area contributed by atoms with E-state index in [1.165, 1.54) is 0 Å². The Kier molecular flexibility index (Phi) is 3.24. The van der Waals surface area contributed by atoms with Crippen molar-refractivity contribution in [3.8, 4) is 0 Å². The molecule has 0 radical (unpaired) electrons. The molecule has 0 aromatic carbocycles. The van der Waals surface area contributed by atoms with Gasteiger partial charge in [-0.25, -0.2) is 0 Å². The van der Waals surface area contributed by atoms with E-state index < -0.39 is 0 Å². The summed E-state index contributed by atoms with van der Waals surface area (Å²) in [4.78, 5) is 14.3. The van der Waals surface area contributed by atoms with Crippen molar-refractivity contribution in [1.29, 1.82) is 0 Å². The van der Waals surface area contributed by atoms with E-state index in [4.69, 9.17) is 4.74 Å². The molecule has 0 spiro atoms. The van der Waals surface area contributed by atoms with Crippen LogP contribution < -0.4 is 0 Å². The van der Waals surface area contributed by atoms with Gasteiger partial charge >= 0.3 is 0 Å². The quantitative estimate of drug-likeness (QED) is 0.715. The lowest BCUT2D eigenvalue weighted by Gasteiger charge is -2.42. The van der Waals surface area contributed by atoms with E-state index in [-0.39, 0.29) is 5.41 Å². The third-order valence-electron chi connectivity index (χ3n) is 4.29. The lowest BCUT2D eigenvalue weighted by molar-refractivity contribution is -0.145. The second-order valence-corrected chi connectivity index (χ2v) is 5.67. The maximum absolute atomic E-state index is 12.3. The summed E-state index contributed by atoms with van der Waals surface area (Å²) < 4.78 is 5.06. The molecule has 2 fully saturated rings. The van der Waals surface area contributed by atoms with Crippen LogP contribution in [0.25, 0.3) is 0 Å². The van der Waals surface area contributed by atoms with Crippen LogP contribution in [0.15, 0.2) is 0 Å². The molecule has 0 atom stereocenters. The van der Waals surface area contributed by atoms with Crippen LogP contribution in [-0.2, 0) is 9.53 Å². The minimum Gasteiger partial charge on any atom is -0.385 e. The second kappa shape index (κ2) is 4.36. The topological polar surface area (TPSA) is 29.5 Å². The molecule has 0 aromatic heterocycles. The molecule has 0 unspecified atom stereocenters. The van der Waals surface area contributed by atoms with Crippen molar-refractivity contribution >= 4 is 5.91 Å². The summed E-state index contributed by atoms with van der Waals surface area (Å²) in [6.45, 7) is 7.08. The zero-order valence-corrected chi connectivity index (χ0v) is 10.7. The average molecular weight is 225 g/mol. The first-order valence-corrected chi connectivity index (χ1v) is 6.38. The second-order valence-electron chi connectivity index (χ2n) is 5.67. The maximum atomic E-state index is 12.3. The number of rotatable bonds is 5. The molecular formula is C13H23NO2. The van der Waals surface area contributed by atoms with Crippen LogP contribution in [0.1, 0.15) is 33.1 Å². The molecule has 1 aliphatic heterocycles. The van der Waals surface area contributed by atoms with Crippen LogP contribution in [0.2, 0.25) is 0 Å². The van der Waals surface area contributed by atoms with Gasteiger partial charge in [-0.05, 0) is 31.1 Å². The van der Waals surface area contributed by atoms with Crippen molar-refractivity contribution in [1.82, 2.24) is 4.90 Å². The molecule has 1 saturated heterocycles. The average Bonchev–Trinajstić information content (AvgIpc) is 2.95. The van der Waals surface area contributed by atoms with Gasteiger partial charge in [0.1, 0.15) is 0 Å². The van der Waals surface area contributed by atoms with Crippen molar-refractivity contribution in [2.45, 2.75) is 33.1 Å². The van der Waals surface area contributed by atoms with Gasteiger partial charge < -0.3 is 9.64 Å². The lowest BCUT2D eigenvalue weighted by Crippen LogP contribution is -2.53. The van der Waals surface area contributed by atoms with E-state index >= 15 is 0 Å². The molecule has 2 aliphatic rings. The van der Waals surface area contributed by atoms with Gasteiger partial charge in [0.2, 0.25) is 5.91 Å². The number of carbonyl (C=O) groups is 1. The summed E-state index contributed by atoms with van der Waals surface area (Å²) in [6.07, 6.45) is 3.29. The number of amides is 1. The number of methoxy groups -OCH3 is 1. The molecule has 16 heavy (non-hydrogen) atoms. The Bertz CT molecular complexity index is 265. The highest BCUT2D eigenvalue weighted by molar-refractivity contribution is 5.86. The van der Waals surface area contributed by atoms with Crippen molar-refractivity contribution in [3.63, 3.8) is 0 Å². The van der Waals surface area contributed by atoms with Gasteiger partial charge in [-0.3, -0.25) is 4.79 Å². The van der Waals surface area contributed by atoms with Crippen LogP contribution in [-0.4, -0.2) is 37.6 Å². The molecule has 1 aliphatic carbocycles. The van der Waals surface area contributed by atoms with Crippen LogP contribution in [0.3, 0.4) is 0 Å². The third kappa shape index (κ3) is 1.97. The number of nitrogens with zero attached hydrogens (tertiary/aromatic N) is 1. The lowest BCUT2D eigenvalue weighted by atomic mass is 9.87. The minimum absolute atomic E-state index is 0.0201. The predicted octanol–water partition coefficient (Wildman–Crippen LogP) is 1.92. The summed E-state index contributed by atoms with van der Waals surface area (Å²) in [7, 11) is 1.74. The van der Waals surface area contributed by atoms with Crippen molar-refractivity contribution in [2.24, 2.45) is 17.3 Å². The fourth-order valence-electron chi connectivity index (χ4n) is 2.69. The normalized spacial score (nSPS) is 23.4. The summed E-state index contributed by atoms with van der Waals surface area (Å²) in [6, 6.07) is 0. The molecule has 0 N–H and O–H groups in total. The molecule has 0 bridgehead atoms. The number of hydrogen-bond donors (Lipinski definition) is 0. The Balaban J connectivity index is 1.77. The highest BCUT2D eigenvalue weighted by atomic mass is 16.5. The van der Waals surface area contributed by atoms with Gasteiger partial charge in [-0.1, -0.05) is 13.8 Å². The van der Waals surface area contributed by atoms with E-state index in [1.54, 1.807) is 7.11 Å². The number of ether oxygens (including phenoxy) is 1. The van der Waals surface area contributed by atoms with E-state index in [1.807, 2.05) is 4.90 Å². The van der Waals surface area contributed by atoms with Gasteiger partial charge in [0.05, 0.1) is 5.41 Å². The van der Waals surface area contributed by atoms with Crippen LogP contribution in [0, 0.1) is 17.3 Å². The first-order chi connectivity index (χ1) is 7.60. The SMILES string of the molecule is COCCC1CN(C(=O)C2(C(C)C)CC2)C1. The highest BCUT2D eigenvalue weighted by Gasteiger charge is 2.55. The zero-order chi connectivity index (χ0) is 11.8. The van der Waals surface area contributed by atoms with Gasteiger partial charge in [0.25, 0.3) is 0 Å². The summed E-state index contributed by atoms with van der Waals surface area (Å²) in [5, 5.41) is 0. The van der Waals surface area contributed by atoms with Crippen LogP contribution >= 0.6 is 0 Å². The number of hydrogen-bond acceptors (Lipinski definition) is 2. The molecule has 3 heteroatoms. The molecule has 3 nitrogen and oxygen atoms in total. The minimum atomic E-state index is 0.0201. The Hall–Kier alpha value is -0.570. The Morgan fingerprint density at radius 3 is 2.50 bits per heavy atom. The van der Waals surface area contributed by atoms with Gasteiger partial charge in [-0.15, -0.1) is 0 Å². The van der Waals surface area contributed by atoms with Crippen molar-refractivity contribution in [2.75, 3.05) is 26.8 Å².